The standard InChI is InChI=1S/C41H81NO4/c1-37(2)31-27-23-19-15-11-7-9-13-17-21-25-29-33-39(43)45-41(35-36-42(5)6)46-40(44)34-30-26-22-18-14-10-8-12-16-20-24-28-32-38(3)4/h37-38,41H,7-36H2,1-6H3. The fourth-order valence-electron chi connectivity index (χ4n) is 6.10. The summed E-state index contributed by atoms with van der Waals surface area (Å²) in [7, 11) is 3.95. The van der Waals surface area contributed by atoms with Gasteiger partial charge in [-0.1, -0.05) is 182 Å². The van der Waals surface area contributed by atoms with Crippen LogP contribution in [0.1, 0.15) is 214 Å². The minimum atomic E-state index is -0.771. The summed E-state index contributed by atoms with van der Waals surface area (Å²) in [5, 5.41) is 0. The second kappa shape index (κ2) is 33.8. The summed E-state index contributed by atoms with van der Waals surface area (Å²) in [6, 6.07) is 0. The van der Waals surface area contributed by atoms with Gasteiger partial charge in [-0.2, -0.15) is 0 Å². The predicted octanol–water partition coefficient (Wildman–Crippen LogP) is 12.6. The molecule has 0 unspecified atom stereocenters. The molecule has 0 N–H and O–H groups in total. The summed E-state index contributed by atoms with van der Waals surface area (Å²) in [6.45, 7) is 9.97. The lowest BCUT2D eigenvalue weighted by Gasteiger charge is -2.20. The van der Waals surface area contributed by atoms with Crippen molar-refractivity contribution in [2.24, 2.45) is 11.8 Å². The molecule has 0 saturated carbocycles. The maximum absolute atomic E-state index is 12.5. The summed E-state index contributed by atoms with van der Waals surface area (Å²) >= 11 is 0. The van der Waals surface area contributed by atoms with E-state index in [1.807, 2.05) is 19.0 Å². The molecule has 0 amide bonds. The third kappa shape index (κ3) is 35.7. The van der Waals surface area contributed by atoms with Gasteiger partial charge in [0.2, 0.25) is 6.29 Å². The molecule has 0 rings (SSSR count). The Bertz CT molecular complexity index is 613. The Balaban J connectivity index is 3.82. The molecule has 0 aliphatic heterocycles. The van der Waals surface area contributed by atoms with E-state index in [1.54, 1.807) is 0 Å². The highest BCUT2D eigenvalue weighted by Crippen LogP contribution is 2.17. The number of unbranched alkanes of at least 4 members (excludes halogenated alkanes) is 22. The van der Waals surface area contributed by atoms with Gasteiger partial charge >= 0.3 is 11.9 Å². The largest absolute Gasteiger partial charge is 0.425 e. The highest BCUT2D eigenvalue weighted by Gasteiger charge is 2.19. The van der Waals surface area contributed by atoms with Crippen molar-refractivity contribution in [2.45, 2.75) is 220 Å². The van der Waals surface area contributed by atoms with Crippen molar-refractivity contribution in [3.05, 3.63) is 0 Å². The molecule has 5 heteroatoms. The molecule has 0 aliphatic carbocycles. The van der Waals surface area contributed by atoms with Gasteiger partial charge < -0.3 is 14.4 Å². The lowest BCUT2D eigenvalue weighted by atomic mass is 10.0. The van der Waals surface area contributed by atoms with Crippen molar-refractivity contribution in [1.29, 1.82) is 0 Å². The van der Waals surface area contributed by atoms with Crippen LogP contribution in [-0.2, 0) is 19.1 Å². The fourth-order valence-corrected chi connectivity index (χ4v) is 6.10. The van der Waals surface area contributed by atoms with Crippen LogP contribution < -0.4 is 0 Å². The Morgan fingerprint density at radius 2 is 0.674 bits per heavy atom. The predicted molar refractivity (Wildman–Crippen MR) is 198 cm³/mol. The summed E-state index contributed by atoms with van der Waals surface area (Å²) in [4.78, 5) is 27.0. The van der Waals surface area contributed by atoms with E-state index in [-0.39, 0.29) is 11.9 Å². The minimum absolute atomic E-state index is 0.240. The molecule has 0 saturated heterocycles. The molecule has 0 aliphatic rings. The highest BCUT2D eigenvalue weighted by molar-refractivity contribution is 5.71. The quantitative estimate of drug-likeness (QED) is 0.0388. The molecule has 0 spiro atoms. The SMILES string of the molecule is CC(C)CCCCCCCCCCCCCCC(=O)OC(CCN(C)C)OC(=O)CCCCCCCCCCCCCCC(C)C. The maximum atomic E-state index is 12.5. The summed E-state index contributed by atoms with van der Waals surface area (Å²) in [5.74, 6) is 1.21. The molecule has 274 valence electrons. The van der Waals surface area contributed by atoms with Gasteiger partial charge in [0, 0.05) is 25.8 Å². The Hall–Kier alpha value is -1.10. The molecule has 46 heavy (non-hydrogen) atoms. The number of ether oxygens (including phenoxy) is 2. The van der Waals surface area contributed by atoms with Crippen LogP contribution in [0.25, 0.3) is 0 Å². The first-order valence-electron chi connectivity index (χ1n) is 20.2. The van der Waals surface area contributed by atoms with Crippen LogP contribution >= 0.6 is 0 Å². The van der Waals surface area contributed by atoms with Crippen LogP contribution in [0.4, 0.5) is 0 Å². The molecule has 0 bridgehead atoms. The van der Waals surface area contributed by atoms with E-state index >= 15 is 0 Å². The fraction of sp³-hybridized carbons (Fsp3) is 0.951. The van der Waals surface area contributed by atoms with E-state index in [0.29, 0.717) is 25.8 Å². The monoisotopic (exact) mass is 652 g/mol. The van der Waals surface area contributed by atoms with Crippen LogP contribution in [0.2, 0.25) is 0 Å². The van der Waals surface area contributed by atoms with Gasteiger partial charge in [-0.15, -0.1) is 0 Å². The zero-order valence-corrected chi connectivity index (χ0v) is 32.0. The second-order valence-electron chi connectivity index (χ2n) is 15.4. The summed E-state index contributed by atoms with van der Waals surface area (Å²) in [5.41, 5.74) is 0. The Kier molecular flexibility index (Phi) is 33.0. The van der Waals surface area contributed by atoms with Crippen molar-refractivity contribution in [3.63, 3.8) is 0 Å². The van der Waals surface area contributed by atoms with E-state index in [1.165, 1.54) is 141 Å². The Morgan fingerprint density at radius 1 is 0.413 bits per heavy atom. The lowest BCUT2D eigenvalue weighted by molar-refractivity contribution is -0.189. The summed E-state index contributed by atoms with van der Waals surface area (Å²) in [6.07, 6.45) is 34.0. The van der Waals surface area contributed by atoms with Crippen LogP contribution in [0.3, 0.4) is 0 Å². The zero-order valence-electron chi connectivity index (χ0n) is 32.0. The lowest BCUT2D eigenvalue weighted by Crippen LogP contribution is -2.28. The Morgan fingerprint density at radius 3 is 0.935 bits per heavy atom. The van der Waals surface area contributed by atoms with Gasteiger partial charge in [0.15, 0.2) is 0 Å². The molecule has 0 heterocycles. The van der Waals surface area contributed by atoms with E-state index in [9.17, 15) is 9.59 Å². The maximum Gasteiger partial charge on any atom is 0.308 e. The van der Waals surface area contributed by atoms with Gasteiger partial charge in [0.05, 0.1) is 0 Å². The third-order valence-corrected chi connectivity index (χ3v) is 9.16. The van der Waals surface area contributed by atoms with Crippen LogP contribution in [0.15, 0.2) is 0 Å². The molecule has 5 nitrogen and oxygen atoms in total. The normalized spacial score (nSPS) is 11.8. The van der Waals surface area contributed by atoms with E-state index < -0.39 is 6.29 Å². The van der Waals surface area contributed by atoms with E-state index in [2.05, 4.69) is 27.7 Å². The van der Waals surface area contributed by atoms with Crippen molar-refractivity contribution in [2.75, 3.05) is 20.6 Å². The van der Waals surface area contributed by atoms with Gasteiger partial charge in [-0.25, -0.2) is 0 Å². The molecule has 0 fully saturated rings. The van der Waals surface area contributed by atoms with E-state index in [4.69, 9.17) is 9.47 Å². The van der Waals surface area contributed by atoms with Crippen molar-refractivity contribution in [3.8, 4) is 0 Å². The smallest absolute Gasteiger partial charge is 0.308 e. The minimum Gasteiger partial charge on any atom is -0.425 e. The molecule has 0 aromatic heterocycles. The number of rotatable bonds is 35. The molecule has 0 aromatic carbocycles. The van der Waals surface area contributed by atoms with Crippen molar-refractivity contribution >= 4 is 11.9 Å². The van der Waals surface area contributed by atoms with Crippen LogP contribution in [0, 0.1) is 11.8 Å². The number of esters is 2. The average molecular weight is 652 g/mol. The van der Waals surface area contributed by atoms with E-state index in [0.717, 1.165) is 37.5 Å². The molecule has 0 atom stereocenters. The number of hydrogen-bond acceptors (Lipinski definition) is 5. The van der Waals surface area contributed by atoms with Crippen molar-refractivity contribution < 1.29 is 19.1 Å². The first-order valence-corrected chi connectivity index (χ1v) is 20.2. The number of carbonyl (C=O) groups is 2. The summed E-state index contributed by atoms with van der Waals surface area (Å²) < 4.78 is 11.2. The molecule has 0 aromatic rings. The Labute approximate surface area is 288 Å². The first kappa shape index (κ1) is 44.9. The second-order valence-corrected chi connectivity index (χ2v) is 15.4. The van der Waals surface area contributed by atoms with Crippen LogP contribution in [-0.4, -0.2) is 43.8 Å². The third-order valence-electron chi connectivity index (χ3n) is 9.16. The van der Waals surface area contributed by atoms with Gasteiger partial charge in [0.1, 0.15) is 0 Å². The number of nitrogens with zero attached hydrogens (tertiary/aromatic N) is 1. The first-order chi connectivity index (χ1) is 22.2. The number of hydrogen-bond donors (Lipinski definition) is 0. The molecular weight excluding hydrogens is 570 g/mol. The zero-order chi connectivity index (χ0) is 34.1. The highest BCUT2D eigenvalue weighted by atomic mass is 16.7. The average Bonchev–Trinajstić information content (AvgIpc) is 2.99. The van der Waals surface area contributed by atoms with Gasteiger partial charge in [-0.05, 0) is 38.8 Å². The molecular formula is C41H81NO4. The van der Waals surface area contributed by atoms with Gasteiger partial charge in [-0.3, -0.25) is 9.59 Å². The topological polar surface area (TPSA) is 55.8 Å². The number of carbonyl (C=O) groups excluding carboxylic acids is 2. The van der Waals surface area contributed by atoms with Gasteiger partial charge in [0.25, 0.3) is 0 Å². The van der Waals surface area contributed by atoms with Crippen LogP contribution in [0.5, 0.6) is 0 Å². The van der Waals surface area contributed by atoms with Crippen molar-refractivity contribution in [1.82, 2.24) is 4.90 Å². The molecule has 0 radical (unpaired) electrons.